The highest BCUT2D eigenvalue weighted by molar-refractivity contribution is 5.87. The lowest BCUT2D eigenvalue weighted by atomic mass is 9.80. The van der Waals surface area contributed by atoms with Crippen molar-refractivity contribution in [2.24, 2.45) is 0 Å². The molecule has 2 rings (SSSR count). The fourth-order valence-corrected chi connectivity index (χ4v) is 2.57. The van der Waals surface area contributed by atoms with Gasteiger partial charge in [-0.25, -0.2) is 4.79 Å². The van der Waals surface area contributed by atoms with Gasteiger partial charge in [-0.2, -0.15) is 0 Å². The maximum absolute atomic E-state index is 11.8. The predicted octanol–water partition coefficient (Wildman–Crippen LogP) is 3.61. The van der Waals surface area contributed by atoms with Crippen LogP contribution in [-0.2, 0) is 22.4 Å². The Bertz CT molecular complexity index is 528. The van der Waals surface area contributed by atoms with Crippen LogP contribution in [-0.4, -0.2) is 11.6 Å². The third-order valence-corrected chi connectivity index (χ3v) is 3.54. The first-order chi connectivity index (χ1) is 9.06. The zero-order chi connectivity index (χ0) is 13.9. The molecule has 1 aromatic rings. The van der Waals surface area contributed by atoms with Crippen molar-refractivity contribution in [3.05, 3.63) is 59.7 Å². The second-order valence-corrected chi connectivity index (χ2v) is 5.18. The van der Waals surface area contributed by atoms with Crippen LogP contribution >= 0.6 is 0 Å². The first kappa shape index (κ1) is 13.6. The van der Waals surface area contributed by atoms with Gasteiger partial charge in [0.05, 0.1) is 0 Å². The Morgan fingerprint density at radius 2 is 2.05 bits per heavy atom. The number of rotatable bonds is 3. The molecule has 100 valence electrons. The molecule has 19 heavy (non-hydrogen) atoms. The highest BCUT2D eigenvalue weighted by Gasteiger charge is 2.35. The van der Waals surface area contributed by atoms with E-state index in [-0.39, 0.29) is 5.97 Å². The number of hydrogen-bond acceptors (Lipinski definition) is 2. The largest absolute Gasteiger partial charge is 0.451 e. The molecule has 1 aliphatic rings. The molecule has 0 saturated carbocycles. The van der Waals surface area contributed by atoms with Gasteiger partial charge >= 0.3 is 5.97 Å². The molecule has 0 radical (unpaired) electrons. The number of carbonyl (C=O) groups excluding carboxylic acids is 1. The Hall–Kier alpha value is -1.83. The lowest BCUT2D eigenvalue weighted by Crippen LogP contribution is -2.39. The Morgan fingerprint density at radius 1 is 1.37 bits per heavy atom. The van der Waals surface area contributed by atoms with E-state index in [0.717, 1.165) is 19.3 Å². The Labute approximate surface area is 114 Å². The summed E-state index contributed by atoms with van der Waals surface area (Å²) >= 11 is 0. The van der Waals surface area contributed by atoms with Crippen molar-refractivity contribution in [2.75, 3.05) is 0 Å². The number of benzene rings is 1. The van der Waals surface area contributed by atoms with Gasteiger partial charge in [-0.05, 0) is 43.9 Å². The van der Waals surface area contributed by atoms with Crippen LogP contribution in [0.15, 0.2) is 48.6 Å². The quantitative estimate of drug-likeness (QED) is 0.469. The molecule has 0 bridgehead atoms. The van der Waals surface area contributed by atoms with Crippen molar-refractivity contribution in [2.45, 2.75) is 38.7 Å². The van der Waals surface area contributed by atoms with Gasteiger partial charge in [0.2, 0.25) is 0 Å². The number of carbonyl (C=O) groups is 1. The van der Waals surface area contributed by atoms with Crippen LogP contribution in [0, 0.1) is 0 Å². The van der Waals surface area contributed by atoms with Gasteiger partial charge in [-0.1, -0.05) is 36.9 Å². The number of aryl methyl sites for hydroxylation is 1. The number of esters is 1. The molecule has 2 heteroatoms. The molecule has 1 unspecified atom stereocenters. The Kier molecular flexibility index (Phi) is 3.89. The van der Waals surface area contributed by atoms with E-state index in [4.69, 9.17) is 4.74 Å². The number of ether oxygens (including phenoxy) is 1. The molecule has 1 aliphatic carbocycles. The van der Waals surface area contributed by atoms with E-state index in [1.165, 1.54) is 11.1 Å². The molecule has 0 spiro atoms. The minimum atomic E-state index is -0.515. The lowest BCUT2D eigenvalue weighted by Gasteiger charge is -2.35. The van der Waals surface area contributed by atoms with Crippen molar-refractivity contribution in [1.82, 2.24) is 0 Å². The highest BCUT2D eigenvalue weighted by atomic mass is 16.6. The van der Waals surface area contributed by atoms with E-state index in [2.05, 4.69) is 24.8 Å². The monoisotopic (exact) mass is 256 g/mol. The third kappa shape index (κ3) is 2.95. The maximum Gasteiger partial charge on any atom is 0.333 e. The summed E-state index contributed by atoms with van der Waals surface area (Å²) < 4.78 is 5.71. The van der Waals surface area contributed by atoms with Gasteiger partial charge in [-0.15, -0.1) is 0 Å². The summed E-state index contributed by atoms with van der Waals surface area (Å²) in [6.45, 7) is 7.30. The van der Waals surface area contributed by atoms with E-state index >= 15 is 0 Å². The fourth-order valence-electron chi connectivity index (χ4n) is 2.57. The van der Waals surface area contributed by atoms with Crippen LogP contribution in [0.5, 0.6) is 0 Å². The van der Waals surface area contributed by atoms with Crippen LogP contribution in [0.4, 0.5) is 0 Å². The minimum absolute atomic E-state index is 0.308. The van der Waals surface area contributed by atoms with E-state index in [1.807, 2.05) is 25.1 Å². The molecule has 0 aliphatic heterocycles. The average molecular weight is 256 g/mol. The molecule has 0 fully saturated rings. The van der Waals surface area contributed by atoms with Gasteiger partial charge in [0, 0.05) is 12.0 Å². The van der Waals surface area contributed by atoms with Crippen molar-refractivity contribution in [3.63, 3.8) is 0 Å². The van der Waals surface area contributed by atoms with Crippen molar-refractivity contribution < 1.29 is 9.53 Å². The van der Waals surface area contributed by atoms with E-state index in [9.17, 15) is 4.79 Å². The summed E-state index contributed by atoms with van der Waals surface area (Å²) in [7, 11) is 0. The summed E-state index contributed by atoms with van der Waals surface area (Å²) in [5.41, 5.74) is 2.55. The van der Waals surface area contributed by atoms with Gasteiger partial charge < -0.3 is 4.74 Å². The summed E-state index contributed by atoms with van der Waals surface area (Å²) in [5, 5.41) is 0. The van der Waals surface area contributed by atoms with Crippen LogP contribution in [0.25, 0.3) is 0 Å². The average Bonchev–Trinajstić information content (AvgIpc) is 2.38. The molecule has 0 aromatic heterocycles. The first-order valence-electron chi connectivity index (χ1n) is 6.66. The van der Waals surface area contributed by atoms with Crippen molar-refractivity contribution in [1.29, 1.82) is 0 Å². The molecular formula is C17H20O2. The molecule has 0 heterocycles. The predicted molar refractivity (Wildman–Crippen MR) is 76.9 cm³/mol. The van der Waals surface area contributed by atoms with Crippen LogP contribution in [0.1, 0.15) is 31.4 Å². The van der Waals surface area contributed by atoms with Crippen molar-refractivity contribution in [3.8, 4) is 0 Å². The van der Waals surface area contributed by atoms with Crippen LogP contribution < -0.4 is 0 Å². The van der Waals surface area contributed by atoms with Crippen molar-refractivity contribution >= 4 is 5.97 Å². The van der Waals surface area contributed by atoms with Gasteiger partial charge in [0.15, 0.2) is 0 Å². The highest BCUT2D eigenvalue weighted by Crippen LogP contribution is 2.33. The molecular weight excluding hydrogens is 236 g/mol. The first-order valence-corrected chi connectivity index (χ1v) is 6.66. The minimum Gasteiger partial charge on any atom is -0.451 e. The smallest absolute Gasteiger partial charge is 0.333 e. The summed E-state index contributed by atoms with van der Waals surface area (Å²) in [6, 6.07) is 8.35. The molecule has 0 saturated heterocycles. The summed E-state index contributed by atoms with van der Waals surface area (Å²) in [4.78, 5) is 11.8. The third-order valence-electron chi connectivity index (χ3n) is 3.54. The van der Waals surface area contributed by atoms with Gasteiger partial charge in [0.1, 0.15) is 5.60 Å². The van der Waals surface area contributed by atoms with Gasteiger partial charge in [0.25, 0.3) is 0 Å². The van der Waals surface area contributed by atoms with E-state index in [1.54, 1.807) is 6.92 Å². The zero-order valence-electron chi connectivity index (χ0n) is 11.6. The number of hydrogen-bond donors (Lipinski definition) is 0. The number of fused-ring (bicyclic) bond motifs is 1. The van der Waals surface area contributed by atoms with E-state index in [0.29, 0.717) is 5.57 Å². The molecule has 1 aromatic carbocycles. The molecule has 0 N–H and O–H groups in total. The standard InChI is InChI=1S/C17H20O2/c1-4-10-17(19-16(18)13(2)3)11-9-14-7-5-6-8-15(14)12-17/h4-8,10H,2,9,11-12H2,1,3H3/b10-4+. The Balaban J connectivity index is 2.28. The van der Waals surface area contributed by atoms with Crippen LogP contribution in [0.2, 0.25) is 0 Å². The molecule has 1 atom stereocenters. The molecule has 2 nitrogen and oxygen atoms in total. The fraction of sp³-hybridized carbons (Fsp3) is 0.353. The maximum atomic E-state index is 11.8. The van der Waals surface area contributed by atoms with Gasteiger partial charge in [-0.3, -0.25) is 0 Å². The second kappa shape index (κ2) is 5.43. The lowest BCUT2D eigenvalue weighted by molar-refractivity contribution is -0.151. The summed E-state index contributed by atoms with van der Waals surface area (Å²) in [6.07, 6.45) is 6.47. The zero-order valence-corrected chi connectivity index (χ0v) is 11.6. The molecule has 0 amide bonds. The summed E-state index contributed by atoms with van der Waals surface area (Å²) in [5.74, 6) is -0.308. The topological polar surface area (TPSA) is 26.3 Å². The normalized spacial score (nSPS) is 22.0. The number of allylic oxidation sites excluding steroid dienone is 1. The van der Waals surface area contributed by atoms with E-state index < -0.39 is 5.60 Å². The van der Waals surface area contributed by atoms with Crippen LogP contribution in [0.3, 0.4) is 0 Å². The Morgan fingerprint density at radius 3 is 2.68 bits per heavy atom. The SMILES string of the molecule is C=C(C)C(=O)OC1(/C=C/C)CCc2ccccc2C1. The second-order valence-electron chi connectivity index (χ2n) is 5.18.